The second kappa shape index (κ2) is 7.58. The van der Waals surface area contributed by atoms with E-state index in [2.05, 4.69) is 35.1 Å². The van der Waals surface area contributed by atoms with Gasteiger partial charge in [-0.25, -0.2) is 13.1 Å². The fraction of sp³-hybridized carbons (Fsp3) is 0.435. The normalized spacial score (nSPS) is 23.2. The van der Waals surface area contributed by atoms with Gasteiger partial charge in [-0.15, -0.1) is 0 Å². The van der Waals surface area contributed by atoms with E-state index in [1.165, 1.54) is 6.26 Å². The van der Waals surface area contributed by atoms with Crippen LogP contribution in [0.5, 0.6) is 0 Å². The highest BCUT2D eigenvalue weighted by atomic mass is 32.2. The van der Waals surface area contributed by atoms with Crippen molar-refractivity contribution in [3.63, 3.8) is 0 Å². The van der Waals surface area contributed by atoms with E-state index in [1.807, 2.05) is 36.1 Å². The van der Waals surface area contributed by atoms with Gasteiger partial charge in [0.25, 0.3) is 0 Å². The van der Waals surface area contributed by atoms with Gasteiger partial charge in [-0.1, -0.05) is 61.5 Å². The molecule has 1 saturated carbocycles. The number of nitrogens with one attached hydrogen (secondary N) is 1. The van der Waals surface area contributed by atoms with E-state index in [-0.39, 0.29) is 23.4 Å². The van der Waals surface area contributed by atoms with Crippen LogP contribution in [0.2, 0.25) is 0 Å². The fourth-order valence-corrected chi connectivity index (χ4v) is 5.09. The van der Waals surface area contributed by atoms with Gasteiger partial charge in [0.2, 0.25) is 15.9 Å². The van der Waals surface area contributed by atoms with Crippen molar-refractivity contribution in [1.29, 1.82) is 0 Å². The molecular weight excluding hydrogens is 384 g/mol. The van der Waals surface area contributed by atoms with Gasteiger partial charge in [0.15, 0.2) is 0 Å². The molecular formula is C23H28N2O3S. The lowest BCUT2D eigenvalue weighted by Crippen LogP contribution is -2.49. The highest BCUT2D eigenvalue weighted by Gasteiger charge is 2.51. The van der Waals surface area contributed by atoms with Gasteiger partial charge in [-0.2, -0.15) is 0 Å². The molecule has 2 fully saturated rings. The zero-order chi connectivity index (χ0) is 20.6. The van der Waals surface area contributed by atoms with Crippen LogP contribution < -0.4 is 4.72 Å². The minimum Gasteiger partial charge on any atom is -0.337 e. The number of sulfonamides is 1. The summed E-state index contributed by atoms with van der Waals surface area (Å²) < 4.78 is 26.6. The molecule has 6 heteroatoms. The van der Waals surface area contributed by atoms with Crippen LogP contribution in [0.3, 0.4) is 0 Å². The minimum absolute atomic E-state index is 0.166. The number of nitrogens with zero attached hydrogens (tertiary/aromatic N) is 1. The number of carbonyl (C=O) groups excluding carboxylic acids is 1. The van der Waals surface area contributed by atoms with Gasteiger partial charge in [-0.3, -0.25) is 4.79 Å². The third-order valence-corrected chi connectivity index (χ3v) is 6.90. The Morgan fingerprint density at radius 3 is 2.45 bits per heavy atom. The van der Waals surface area contributed by atoms with E-state index in [0.29, 0.717) is 19.4 Å². The first-order chi connectivity index (χ1) is 13.8. The van der Waals surface area contributed by atoms with Crippen molar-refractivity contribution in [2.45, 2.75) is 44.7 Å². The topological polar surface area (TPSA) is 66.5 Å². The number of carbonyl (C=O) groups is 1. The number of hydrogen-bond donors (Lipinski definition) is 1. The molecule has 1 amide bonds. The summed E-state index contributed by atoms with van der Waals surface area (Å²) >= 11 is 0. The first kappa shape index (κ1) is 20.1. The largest absolute Gasteiger partial charge is 0.337 e. The van der Waals surface area contributed by atoms with Crippen molar-refractivity contribution in [3.05, 3.63) is 60.2 Å². The van der Waals surface area contributed by atoms with E-state index in [9.17, 15) is 13.2 Å². The van der Waals surface area contributed by atoms with E-state index in [0.717, 1.165) is 29.5 Å². The number of rotatable bonds is 6. The van der Waals surface area contributed by atoms with E-state index in [4.69, 9.17) is 0 Å². The van der Waals surface area contributed by atoms with E-state index >= 15 is 0 Å². The molecule has 2 aromatic carbocycles. The Kier molecular flexibility index (Phi) is 5.25. The monoisotopic (exact) mass is 412 g/mol. The number of amides is 1. The Hall–Kier alpha value is -2.18. The molecule has 2 atom stereocenters. The second-order valence-electron chi connectivity index (χ2n) is 8.68. The maximum atomic E-state index is 13.1. The van der Waals surface area contributed by atoms with Crippen LogP contribution in [0.1, 0.15) is 31.7 Å². The summed E-state index contributed by atoms with van der Waals surface area (Å²) in [5.41, 5.74) is 3.12. The molecule has 0 aromatic heterocycles. The number of likely N-dealkylation sites (tertiary alicyclic amines) is 1. The predicted molar refractivity (Wildman–Crippen MR) is 115 cm³/mol. The van der Waals surface area contributed by atoms with Crippen molar-refractivity contribution in [2.24, 2.45) is 5.41 Å². The molecule has 154 valence electrons. The van der Waals surface area contributed by atoms with Crippen molar-refractivity contribution in [1.82, 2.24) is 9.62 Å². The third-order valence-electron chi connectivity index (χ3n) is 6.17. The van der Waals surface area contributed by atoms with Gasteiger partial charge in [0.05, 0.1) is 12.3 Å². The molecule has 1 aliphatic heterocycles. The molecule has 4 rings (SSSR count). The molecule has 0 unspecified atom stereocenters. The average Bonchev–Trinajstić information content (AvgIpc) is 3.34. The van der Waals surface area contributed by atoms with Crippen LogP contribution in [0.4, 0.5) is 0 Å². The number of benzene rings is 2. The van der Waals surface area contributed by atoms with Crippen LogP contribution in [-0.4, -0.2) is 44.1 Å². The van der Waals surface area contributed by atoms with Crippen molar-refractivity contribution >= 4 is 15.9 Å². The van der Waals surface area contributed by atoms with Crippen LogP contribution in [0.15, 0.2) is 54.6 Å². The van der Waals surface area contributed by atoms with Crippen LogP contribution in [-0.2, 0) is 21.2 Å². The van der Waals surface area contributed by atoms with E-state index in [1.54, 1.807) is 0 Å². The Morgan fingerprint density at radius 2 is 1.79 bits per heavy atom. The van der Waals surface area contributed by atoms with Crippen molar-refractivity contribution < 1.29 is 13.2 Å². The Bertz CT molecular complexity index is 1000. The van der Waals surface area contributed by atoms with E-state index < -0.39 is 10.0 Å². The lowest BCUT2D eigenvalue weighted by molar-refractivity contribution is -0.137. The zero-order valence-electron chi connectivity index (χ0n) is 17.0. The van der Waals surface area contributed by atoms with Crippen molar-refractivity contribution in [2.75, 3.05) is 12.8 Å². The molecule has 0 spiro atoms. The highest BCUT2D eigenvalue weighted by molar-refractivity contribution is 7.88. The Balaban J connectivity index is 1.61. The second-order valence-corrected chi connectivity index (χ2v) is 10.5. The molecule has 1 aliphatic carbocycles. The highest BCUT2D eigenvalue weighted by Crippen LogP contribution is 2.47. The summed E-state index contributed by atoms with van der Waals surface area (Å²) in [5.74, 6) is 0.166. The maximum Gasteiger partial charge on any atom is 0.228 e. The quantitative estimate of drug-likeness (QED) is 0.792. The first-order valence-corrected chi connectivity index (χ1v) is 12.1. The van der Waals surface area contributed by atoms with Crippen LogP contribution >= 0.6 is 0 Å². The molecule has 29 heavy (non-hydrogen) atoms. The Labute approximate surface area is 173 Å². The van der Waals surface area contributed by atoms with Gasteiger partial charge < -0.3 is 4.90 Å². The fourth-order valence-electron chi connectivity index (χ4n) is 4.27. The Morgan fingerprint density at radius 1 is 1.10 bits per heavy atom. The molecule has 1 saturated heterocycles. The first-order valence-electron chi connectivity index (χ1n) is 10.2. The van der Waals surface area contributed by atoms with Crippen molar-refractivity contribution in [3.8, 4) is 11.1 Å². The molecule has 1 heterocycles. The summed E-state index contributed by atoms with van der Waals surface area (Å²) in [6.07, 6.45) is 4.31. The maximum absolute atomic E-state index is 13.1. The number of hydrogen-bond acceptors (Lipinski definition) is 3. The zero-order valence-corrected chi connectivity index (χ0v) is 17.8. The molecule has 0 bridgehead atoms. The summed E-state index contributed by atoms with van der Waals surface area (Å²) in [7, 11) is -3.34. The lowest BCUT2D eigenvalue weighted by atomic mass is 9.96. The summed E-state index contributed by atoms with van der Waals surface area (Å²) in [5, 5.41) is 0. The van der Waals surface area contributed by atoms with Gasteiger partial charge in [0, 0.05) is 18.0 Å². The molecule has 0 radical (unpaired) electrons. The predicted octanol–water partition coefficient (Wildman–Crippen LogP) is 3.21. The smallest absolute Gasteiger partial charge is 0.228 e. The van der Waals surface area contributed by atoms with Crippen LogP contribution in [0.25, 0.3) is 11.1 Å². The SMILES string of the molecule is CC1(C(=O)N2CC[C@@H](NS(C)(=O)=O)[C@H]2Cc2cccc(-c3ccccc3)c2)CC1. The third kappa shape index (κ3) is 4.54. The van der Waals surface area contributed by atoms with Gasteiger partial charge >= 0.3 is 0 Å². The molecule has 5 nitrogen and oxygen atoms in total. The molecule has 2 aliphatic rings. The van der Waals surface area contributed by atoms with Crippen LogP contribution in [0, 0.1) is 5.41 Å². The lowest BCUT2D eigenvalue weighted by Gasteiger charge is -2.30. The summed E-state index contributed by atoms with van der Waals surface area (Å²) in [6, 6.07) is 18.1. The average molecular weight is 413 g/mol. The van der Waals surface area contributed by atoms with Gasteiger partial charge in [0.1, 0.15) is 0 Å². The standard InChI is InChI=1S/C23H28N2O3S/c1-23(12-13-23)22(26)25-14-11-20(24-29(2,27)28)21(25)16-17-7-6-10-19(15-17)18-8-4-3-5-9-18/h3-10,15,20-21,24H,11-14,16H2,1-2H3/t20-,21-/m1/s1. The molecule has 1 N–H and O–H groups in total. The molecule has 2 aromatic rings. The summed E-state index contributed by atoms with van der Waals surface area (Å²) in [4.78, 5) is 15.0. The summed E-state index contributed by atoms with van der Waals surface area (Å²) in [6.45, 7) is 2.62. The minimum atomic E-state index is -3.34. The van der Waals surface area contributed by atoms with Gasteiger partial charge in [-0.05, 0) is 42.4 Å².